The van der Waals surface area contributed by atoms with Crippen LogP contribution in [0, 0.1) is 0 Å². The average Bonchev–Trinajstić information content (AvgIpc) is 3.48. The molecule has 0 radical (unpaired) electrons. The number of nitrogens with one attached hydrogen (secondary N) is 2. The summed E-state index contributed by atoms with van der Waals surface area (Å²) in [5, 5.41) is 6.09. The smallest absolute Gasteiger partial charge is 0.247 e. The Balaban J connectivity index is 1.31. The molecule has 8 nitrogen and oxygen atoms in total. The molecule has 3 aromatic carbocycles. The van der Waals surface area contributed by atoms with Gasteiger partial charge in [-0.3, -0.25) is 19.2 Å². The van der Waals surface area contributed by atoms with Gasteiger partial charge in [0.2, 0.25) is 23.6 Å². The molecule has 2 saturated heterocycles. The van der Waals surface area contributed by atoms with E-state index in [-0.39, 0.29) is 48.7 Å². The van der Waals surface area contributed by atoms with Crippen LogP contribution in [0.1, 0.15) is 68.2 Å². The maximum atomic E-state index is 14.1. The van der Waals surface area contributed by atoms with Crippen molar-refractivity contribution in [2.75, 3.05) is 13.1 Å². The van der Waals surface area contributed by atoms with Crippen molar-refractivity contribution >= 4 is 23.6 Å². The van der Waals surface area contributed by atoms with E-state index >= 15 is 0 Å². The van der Waals surface area contributed by atoms with Gasteiger partial charge >= 0.3 is 0 Å². The lowest BCUT2D eigenvalue weighted by molar-refractivity contribution is -0.147. The third kappa shape index (κ3) is 7.54. The van der Waals surface area contributed by atoms with Gasteiger partial charge in [-0.25, -0.2) is 0 Å². The van der Waals surface area contributed by atoms with Gasteiger partial charge < -0.3 is 20.4 Å². The number of carbonyl (C=O) groups is 4. The van der Waals surface area contributed by atoms with Crippen LogP contribution in [0.5, 0.6) is 0 Å². The summed E-state index contributed by atoms with van der Waals surface area (Å²) in [6.45, 7) is 2.31. The predicted octanol–water partition coefficient (Wildman–Crippen LogP) is 4.40. The molecule has 2 aliphatic rings. The van der Waals surface area contributed by atoms with Gasteiger partial charge in [0.05, 0.1) is 6.04 Å². The van der Waals surface area contributed by atoms with Gasteiger partial charge in [-0.15, -0.1) is 0 Å². The number of carbonyl (C=O) groups excluding carboxylic acids is 4. The fraction of sp³-hybridized carbons (Fsp3) is 0.389. The zero-order valence-corrected chi connectivity index (χ0v) is 25.4. The number of fused-ring (bicyclic) bond motifs is 1. The molecular weight excluding hydrogens is 552 g/mol. The summed E-state index contributed by atoms with van der Waals surface area (Å²) in [7, 11) is 0. The van der Waals surface area contributed by atoms with Crippen molar-refractivity contribution < 1.29 is 19.2 Å². The lowest BCUT2D eigenvalue weighted by atomic mass is 9.98. The Labute approximate surface area is 259 Å². The first-order chi connectivity index (χ1) is 21.4. The monoisotopic (exact) mass is 594 g/mol. The summed E-state index contributed by atoms with van der Waals surface area (Å²) in [5.41, 5.74) is 3.09. The topological polar surface area (TPSA) is 98.8 Å². The summed E-state index contributed by atoms with van der Waals surface area (Å²) < 4.78 is 0. The van der Waals surface area contributed by atoms with Crippen LogP contribution in [0.15, 0.2) is 91.0 Å². The van der Waals surface area contributed by atoms with Gasteiger partial charge in [0.15, 0.2) is 0 Å². The molecule has 0 spiro atoms. The standard InChI is InChI=1S/C36H42N4O4/c1-2-32(41)37-30-25-39(33(42)20-12-15-26-13-6-3-7-14-26)24-23-29-21-22-31(40(29)36(30)44)35(43)38-34(27-16-8-4-9-17-27)28-18-10-5-11-19-28/h3-11,13-14,16-19,29-31,34H,2,12,15,20-25H2,1H3,(H,37,41)(H,38,43)/t29-,30?,31?/m1/s1. The molecule has 3 aromatic rings. The highest BCUT2D eigenvalue weighted by Gasteiger charge is 2.45. The van der Waals surface area contributed by atoms with Crippen LogP contribution in [-0.2, 0) is 25.6 Å². The van der Waals surface area contributed by atoms with Crippen LogP contribution >= 0.6 is 0 Å². The Hall–Kier alpha value is -4.46. The second-order valence-electron chi connectivity index (χ2n) is 11.7. The van der Waals surface area contributed by atoms with Crippen molar-refractivity contribution in [1.82, 2.24) is 20.4 Å². The Morgan fingerprint density at radius 3 is 2.07 bits per heavy atom. The van der Waals surface area contributed by atoms with E-state index in [0.717, 1.165) is 17.5 Å². The molecule has 5 rings (SSSR count). The van der Waals surface area contributed by atoms with E-state index in [0.29, 0.717) is 38.6 Å². The minimum Gasteiger partial charge on any atom is -0.343 e. The highest BCUT2D eigenvalue weighted by atomic mass is 16.2. The average molecular weight is 595 g/mol. The van der Waals surface area contributed by atoms with Crippen LogP contribution in [0.2, 0.25) is 0 Å². The lowest BCUT2D eigenvalue weighted by Gasteiger charge is -2.39. The molecule has 2 N–H and O–H groups in total. The van der Waals surface area contributed by atoms with E-state index in [1.165, 1.54) is 5.56 Å². The Morgan fingerprint density at radius 1 is 0.841 bits per heavy atom. The number of aryl methyl sites for hydroxylation is 1. The molecule has 3 atom stereocenters. The second-order valence-corrected chi connectivity index (χ2v) is 11.7. The molecule has 2 aliphatic heterocycles. The summed E-state index contributed by atoms with van der Waals surface area (Å²) in [6, 6.07) is 27.5. The largest absolute Gasteiger partial charge is 0.343 e. The first-order valence-electron chi connectivity index (χ1n) is 15.8. The summed E-state index contributed by atoms with van der Waals surface area (Å²) in [5.74, 6) is -0.787. The number of amides is 4. The molecule has 8 heteroatoms. The first-order valence-corrected chi connectivity index (χ1v) is 15.8. The quantitative estimate of drug-likeness (QED) is 0.364. The van der Waals surface area contributed by atoms with E-state index in [1.54, 1.807) is 16.7 Å². The summed E-state index contributed by atoms with van der Waals surface area (Å²) in [4.78, 5) is 57.4. The van der Waals surface area contributed by atoms with E-state index in [4.69, 9.17) is 0 Å². The van der Waals surface area contributed by atoms with Crippen LogP contribution in [-0.4, -0.2) is 64.6 Å². The third-order valence-corrected chi connectivity index (χ3v) is 8.75. The predicted molar refractivity (Wildman–Crippen MR) is 169 cm³/mol. The van der Waals surface area contributed by atoms with Crippen molar-refractivity contribution in [3.05, 3.63) is 108 Å². The zero-order chi connectivity index (χ0) is 30.9. The van der Waals surface area contributed by atoms with Gasteiger partial charge in [0, 0.05) is 32.0 Å². The van der Waals surface area contributed by atoms with Gasteiger partial charge in [-0.05, 0) is 48.8 Å². The van der Waals surface area contributed by atoms with E-state index in [1.807, 2.05) is 78.9 Å². The van der Waals surface area contributed by atoms with Gasteiger partial charge in [-0.2, -0.15) is 0 Å². The molecule has 0 bridgehead atoms. The number of nitrogens with zero attached hydrogens (tertiary/aromatic N) is 2. The number of hydrogen-bond acceptors (Lipinski definition) is 4. The molecule has 0 aromatic heterocycles. The normalized spacial score (nSPS) is 20.0. The Morgan fingerprint density at radius 2 is 1.45 bits per heavy atom. The SMILES string of the molecule is CCC(=O)NC1CN(C(=O)CCCc2ccccc2)CC[C@H]2CCC(C(=O)NC(c3ccccc3)c3ccccc3)N2C1=O. The third-order valence-electron chi connectivity index (χ3n) is 8.75. The highest BCUT2D eigenvalue weighted by Crippen LogP contribution is 2.31. The minimum absolute atomic E-state index is 0.0150. The van der Waals surface area contributed by atoms with Gasteiger partial charge in [0.1, 0.15) is 12.1 Å². The summed E-state index contributed by atoms with van der Waals surface area (Å²) >= 11 is 0. The lowest BCUT2D eigenvalue weighted by Crippen LogP contribution is -2.61. The minimum atomic E-state index is -0.907. The molecular formula is C36H42N4O4. The van der Waals surface area contributed by atoms with Crippen LogP contribution in [0.3, 0.4) is 0 Å². The van der Waals surface area contributed by atoms with Crippen molar-refractivity contribution in [3.8, 4) is 0 Å². The highest BCUT2D eigenvalue weighted by molar-refractivity contribution is 5.93. The molecule has 2 fully saturated rings. The first kappa shape index (κ1) is 31.0. The second kappa shape index (κ2) is 14.8. The van der Waals surface area contributed by atoms with E-state index in [2.05, 4.69) is 22.8 Å². The van der Waals surface area contributed by atoms with Crippen molar-refractivity contribution in [3.63, 3.8) is 0 Å². The van der Waals surface area contributed by atoms with Crippen LogP contribution in [0.25, 0.3) is 0 Å². The van der Waals surface area contributed by atoms with Crippen molar-refractivity contribution in [1.29, 1.82) is 0 Å². The molecule has 4 amide bonds. The fourth-order valence-corrected chi connectivity index (χ4v) is 6.40. The summed E-state index contributed by atoms with van der Waals surface area (Å²) in [6.07, 6.45) is 3.88. The molecule has 0 saturated carbocycles. The van der Waals surface area contributed by atoms with Crippen LogP contribution in [0.4, 0.5) is 0 Å². The van der Waals surface area contributed by atoms with Crippen molar-refractivity contribution in [2.24, 2.45) is 0 Å². The maximum Gasteiger partial charge on any atom is 0.247 e. The maximum absolute atomic E-state index is 14.1. The Bertz CT molecular complexity index is 1380. The fourth-order valence-electron chi connectivity index (χ4n) is 6.40. The molecule has 2 heterocycles. The molecule has 0 aliphatic carbocycles. The number of hydrogen-bond donors (Lipinski definition) is 2. The van der Waals surface area contributed by atoms with Gasteiger partial charge in [0.25, 0.3) is 0 Å². The van der Waals surface area contributed by atoms with E-state index in [9.17, 15) is 19.2 Å². The van der Waals surface area contributed by atoms with Crippen LogP contribution < -0.4 is 10.6 Å². The molecule has 230 valence electrons. The van der Waals surface area contributed by atoms with Gasteiger partial charge in [-0.1, -0.05) is 97.9 Å². The number of benzene rings is 3. The van der Waals surface area contributed by atoms with Crippen molar-refractivity contribution in [2.45, 2.75) is 76.0 Å². The molecule has 2 unspecified atom stereocenters. The zero-order valence-electron chi connectivity index (χ0n) is 25.4. The molecule has 44 heavy (non-hydrogen) atoms. The number of rotatable bonds is 10. The van der Waals surface area contributed by atoms with E-state index < -0.39 is 12.1 Å². The Kier molecular flexibility index (Phi) is 10.4.